The van der Waals surface area contributed by atoms with Crippen molar-refractivity contribution in [2.24, 2.45) is 0 Å². The van der Waals surface area contributed by atoms with Crippen LogP contribution in [-0.4, -0.2) is 40.5 Å². The highest BCUT2D eigenvalue weighted by Crippen LogP contribution is 2.25. The second-order valence-corrected chi connectivity index (χ2v) is 6.80. The van der Waals surface area contributed by atoms with Crippen molar-refractivity contribution in [1.29, 1.82) is 0 Å². The van der Waals surface area contributed by atoms with Crippen molar-refractivity contribution in [2.45, 2.75) is 52.7 Å². The molecule has 0 saturated heterocycles. The lowest BCUT2D eigenvalue weighted by molar-refractivity contribution is -0.142. The van der Waals surface area contributed by atoms with Crippen LogP contribution in [0.4, 0.5) is 0 Å². The largest absolute Gasteiger partial charge is 0.481 e. The van der Waals surface area contributed by atoms with Crippen LogP contribution in [0.2, 0.25) is 0 Å². The van der Waals surface area contributed by atoms with E-state index in [0.29, 0.717) is 6.04 Å². The first-order valence-electron chi connectivity index (χ1n) is 8.89. The fourth-order valence-electron chi connectivity index (χ4n) is 3.42. The molecule has 0 spiro atoms. The van der Waals surface area contributed by atoms with E-state index < -0.39 is 0 Å². The molecule has 0 saturated carbocycles. The highest BCUT2D eigenvalue weighted by Gasteiger charge is 2.20. The van der Waals surface area contributed by atoms with E-state index in [0.717, 1.165) is 54.5 Å². The molecule has 2 heterocycles. The molecule has 0 fully saturated rings. The molecule has 1 atom stereocenters. The Balaban J connectivity index is 1.59. The van der Waals surface area contributed by atoms with Gasteiger partial charge in [0, 0.05) is 19.0 Å². The minimum absolute atomic E-state index is 0.0719. The van der Waals surface area contributed by atoms with Gasteiger partial charge in [-0.1, -0.05) is 12.1 Å². The molecular formula is C19H26N4O3. The highest BCUT2D eigenvalue weighted by atomic mass is 16.6. The van der Waals surface area contributed by atoms with Gasteiger partial charge in [-0.05, 0) is 43.9 Å². The van der Waals surface area contributed by atoms with Gasteiger partial charge in [0.2, 0.25) is 0 Å². The maximum Gasteiger partial charge on any atom is 0.343 e. The van der Waals surface area contributed by atoms with Crippen LogP contribution in [0, 0.1) is 20.8 Å². The summed E-state index contributed by atoms with van der Waals surface area (Å²) in [5.41, 5.74) is 3.23. The van der Waals surface area contributed by atoms with Crippen molar-refractivity contribution in [3.63, 3.8) is 0 Å². The van der Waals surface area contributed by atoms with Gasteiger partial charge in [-0.3, -0.25) is 0 Å². The molecule has 3 rings (SSSR count). The number of hydrogen-bond acceptors (Lipinski definition) is 6. The lowest BCUT2D eigenvalue weighted by Crippen LogP contribution is -2.37. The molecule has 1 N–H and O–H groups in total. The van der Waals surface area contributed by atoms with Crippen LogP contribution in [0.5, 0.6) is 5.75 Å². The van der Waals surface area contributed by atoms with E-state index >= 15 is 0 Å². The molecule has 7 nitrogen and oxygen atoms in total. The van der Waals surface area contributed by atoms with E-state index in [1.54, 1.807) is 0 Å². The molecule has 0 aliphatic carbocycles. The first-order chi connectivity index (χ1) is 12.5. The summed E-state index contributed by atoms with van der Waals surface area (Å²) in [7, 11) is 1.36. The van der Waals surface area contributed by atoms with Crippen LogP contribution in [0.25, 0.3) is 0 Å². The molecule has 1 aromatic carbocycles. The topological polar surface area (TPSA) is 78.3 Å². The number of aryl methyl sites for hydroxylation is 4. The second kappa shape index (κ2) is 7.86. The number of aromatic nitrogens is 3. The first kappa shape index (κ1) is 18.4. The van der Waals surface area contributed by atoms with E-state index in [-0.39, 0.29) is 12.6 Å². The molecule has 2 aromatic rings. The zero-order valence-corrected chi connectivity index (χ0v) is 15.8. The van der Waals surface area contributed by atoms with Crippen molar-refractivity contribution >= 4 is 5.97 Å². The zero-order valence-electron chi connectivity index (χ0n) is 15.8. The number of hydrogen-bond donors (Lipinski definition) is 1. The quantitative estimate of drug-likeness (QED) is 0.794. The number of carbonyl (C=O) groups is 1. The normalized spacial score (nSPS) is 16.2. The summed E-state index contributed by atoms with van der Waals surface area (Å²) < 4.78 is 12.2. The molecule has 1 aliphatic rings. The van der Waals surface area contributed by atoms with Crippen molar-refractivity contribution in [2.75, 3.05) is 13.7 Å². The van der Waals surface area contributed by atoms with E-state index in [1.807, 2.05) is 25.5 Å². The lowest BCUT2D eigenvalue weighted by Gasteiger charge is -2.24. The van der Waals surface area contributed by atoms with Crippen molar-refractivity contribution < 1.29 is 14.3 Å². The van der Waals surface area contributed by atoms with Gasteiger partial charge in [0.05, 0.1) is 13.7 Å². The first-order valence-corrected chi connectivity index (χ1v) is 8.89. The molecule has 0 amide bonds. The van der Waals surface area contributed by atoms with Crippen LogP contribution in [-0.2, 0) is 29.0 Å². The SMILES string of the molecule is COC(=O)COc1c(C)cc(CNC2CCc3nc(C)nn3C2)cc1C. The number of ether oxygens (including phenoxy) is 2. The highest BCUT2D eigenvalue weighted by molar-refractivity contribution is 5.71. The molecule has 1 aromatic heterocycles. The molecule has 26 heavy (non-hydrogen) atoms. The monoisotopic (exact) mass is 358 g/mol. The third-order valence-corrected chi connectivity index (χ3v) is 4.64. The average molecular weight is 358 g/mol. The standard InChI is InChI=1S/C19H26N4O3/c1-12-7-15(8-13(2)19(12)26-11-18(24)25-4)9-20-16-5-6-17-21-14(3)22-23(17)10-16/h7-8,16,20H,5-6,9-11H2,1-4H3. The van der Waals surface area contributed by atoms with Crippen LogP contribution < -0.4 is 10.1 Å². The number of fused-ring (bicyclic) bond motifs is 1. The van der Waals surface area contributed by atoms with E-state index in [4.69, 9.17) is 4.74 Å². The Labute approximate surface area is 153 Å². The van der Waals surface area contributed by atoms with Crippen LogP contribution in [0.15, 0.2) is 12.1 Å². The molecule has 7 heteroatoms. The van der Waals surface area contributed by atoms with Crippen molar-refractivity contribution in [3.8, 4) is 5.75 Å². The van der Waals surface area contributed by atoms with E-state index in [1.165, 1.54) is 12.7 Å². The Morgan fingerprint density at radius 1 is 1.31 bits per heavy atom. The fraction of sp³-hybridized carbons (Fsp3) is 0.526. The number of nitrogens with one attached hydrogen (secondary N) is 1. The van der Waals surface area contributed by atoms with Gasteiger partial charge in [0.25, 0.3) is 0 Å². The number of carbonyl (C=O) groups excluding carboxylic acids is 1. The van der Waals surface area contributed by atoms with Crippen LogP contribution >= 0.6 is 0 Å². The smallest absolute Gasteiger partial charge is 0.343 e. The van der Waals surface area contributed by atoms with Gasteiger partial charge < -0.3 is 14.8 Å². The number of methoxy groups -OCH3 is 1. The van der Waals surface area contributed by atoms with Crippen LogP contribution in [0.1, 0.15) is 34.8 Å². The molecule has 1 aliphatic heterocycles. The number of nitrogens with zero attached hydrogens (tertiary/aromatic N) is 3. The predicted octanol–water partition coefficient (Wildman–Crippen LogP) is 1.86. The molecular weight excluding hydrogens is 332 g/mol. The van der Waals surface area contributed by atoms with Gasteiger partial charge in [-0.2, -0.15) is 5.10 Å². The molecule has 0 bridgehead atoms. The number of rotatable bonds is 6. The van der Waals surface area contributed by atoms with Gasteiger partial charge >= 0.3 is 5.97 Å². The summed E-state index contributed by atoms with van der Waals surface area (Å²) in [6.07, 6.45) is 2.02. The molecule has 140 valence electrons. The average Bonchev–Trinajstić information content (AvgIpc) is 2.98. The minimum atomic E-state index is -0.380. The molecule has 1 unspecified atom stereocenters. The Morgan fingerprint density at radius 2 is 2.04 bits per heavy atom. The van der Waals surface area contributed by atoms with Crippen molar-refractivity contribution in [3.05, 3.63) is 40.5 Å². The Hall–Kier alpha value is -2.41. The van der Waals surface area contributed by atoms with Crippen molar-refractivity contribution in [1.82, 2.24) is 20.1 Å². The third-order valence-electron chi connectivity index (χ3n) is 4.64. The summed E-state index contributed by atoms with van der Waals surface area (Å²) in [5, 5.41) is 8.07. The summed E-state index contributed by atoms with van der Waals surface area (Å²) in [6, 6.07) is 4.58. The summed E-state index contributed by atoms with van der Waals surface area (Å²) >= 11 is 0. The van der Waals surface area contributed by atoms with Gasteiger partial charge in [-0.25, -0.2) is 14.5 Å². The third kappa shape index (κ3) is 4.22. The maximum atomic E-state index is 11.3. The maximum absolute atomic E-state index is 11.3. The summed E-state index contributed by atoms with van der Waals surface area (Å²) in [4.78, 5) is 15.7. The number of benzene rings is 1. The van der Waals surface area contributed by atoms with Gasteiger partial charge in [-0.15, -0.1) is 0 Å². The van der Waals surface area contributed by atoms with Crippen LogP contribution in [0.3, 0.4) is 0 Å². The fourth-order valence-corrected chi connectivity index (χ4v) is 3.42. The van der Waals surface area contributed by atoms with Gasteiger partial charge in [0.1, 0.15) is 17.4 Å². The van der Waals surface area contributed by atoms with E-state index in [9.17, 15) is 4.79 Å². The Morgan fingerprint density at radius 3 is 2.73 bits per heavy atom. The minimum Gasteiger partial charge on any atom is -0.481 e. The Kier molecular flexibility index (Phi) is 5.56. The summed E-state index contributed by atoms with van der Waals surface area (Å²) in [5.74, 6) is 2.29. The summed E-state index contributed by atoms with van der Waals surface area (Å²) in [6.45, 7) is 7.49. The zero-order chi connectivity index (χ0) is 18.7. The molecule has 0 radical (unpaired) electrons. The number of esters is 1. The second-order valence-electron chi connectivity index (χ2n) is 6.80. The Bertz CT molecular complexity index is 777. The predicted molar refractivity (Wildman–Crippen MR) is 97.1 cm³/mol. The van der Waals surface area contributed by atoms with E-state index in [2.05, 4.69) is 32.3 Å². The lowest BCUT2D eigenvalue weighted by atomic mass is 10.0. The van der Waals surface area contributed by atoms with Gasteiger partial charge in [0.15, 0.2) is 6.61 Å².